The number of rotatable bonds is 4. The average molecular weight is 292 g/mol. The molecule has 0 unspecified atom stereocenters. The van der Waals surface area contributed by atoms with Crippen LogP contribution in [0.15, 0.2) is 54.1 Å². The Kier molecular flexibility index (Phi) is 4.94. The average Bonchev–Trinajstić information content (AvgIpc) is 2.53. The summed E-state index contributed by atoms with van der Waals surface area (Å²) in [7, 11) is 0. The first kappa shape index (κ1) is 15.3. The Balaban J connectivity index is 2.16. The highest BCUT2D eigenvalue weighted by atomic mass is 16.3. The summed E-state index contributed by atoms with van der Waals surface area (Å²) in [5, 5.41) is 21.2. The summed E-state index contributed by atoms with van der Waals surface area (Å²) in [5.41, 5.74) is 2.38. The molecule has 0 aromatic heterocycles. The number of nitrogens with zero attached hydrogens (tertiary/aromatic N) is 1. The topological polar surface area (TPSA) is 73.1 Å². The number of benzene rings is 2. The Morgan fingerprint density at radius 3 is 2.59 bits per heavy atom. The van der Waals surface area contributed by atoms with E-state index in [1.807, 2.05) is 18.2 Å². The maximum absolute atomic E-state index is 12.1. The van der Waals surface area contributed by atoms with E-state index in [1.165, 1.54) is 23.8 Å². The molecule has 0 saturated heterocycles. The lowest BCUT2D eigenvalue weighted by atomic mass is 10.1. The quantitative estimate of drug-likeness (QED) is 0.669. The molecule has 22 heavy (non-hydrogen) atoms. The number of hydrogen-bond acceptors (Lipinski definition) is 3. The lowest BCUT2D eigenvalue weighted by Crippen LogP contribution is -2.13. The third kappa shape index (κ3) is 3.97. The number of phenols is 1. The number of nitrogens with one attached hydrogen (secondary N) is 1. The number of phenolic OH excluding ortho intramolecular Hbond substituents is 1. The summed E-state index contributed by atoms with van der Waals surface area (Å²) in [6, 6.07) is 15.7. The number of anilines is 1. The van der Waals surface area contributed by atoms with E-state index in [0.29, 0.717) is 11.3 Å². The summed E-state index contributed by atoms with van der Waals surface area (Å²) in [6.45, 7) is 2.05. The van der Waals surface area contributed by atoms with Crippen molar-refractivity contribution in [2.24, 2.45) is 0 Å². The van der Waals surface area contributed by atoms with Crippen molar-refractivity contribution in [1.29, 1.82) is 5.26 Å². The summed E-state index contributed by atoms with van der Waals surface area (Å²) in [5.74, 6) is -0.392. The smallest absolute Gasteiger partial charge is 0.266 e. The maximum atomic E-state index is 12.1. The first-order valence-electron chi connectivity index (χ1n) is 6.93. The third-order valence-corrected chi connectivity index (χ3v) is 3.17. The first-order valence-corrected chi connectivity index (χ1v) is 6.93. The zero-order chi connectivity index (χ0) is 15.9. The minimum absolute atomic E-state index is 0.0230. The van der Waals surface area contributed by atoms with Gasteiger partial charge in [0, 0.05) is 5.69 Å². The third-order valence-electron chi connectivity index (χ3n) is 3.17. The van der Waals surface area contributed by atoms with E-state index in [1.54, 1.807) is 24.3 Å². The van der Waals surface area contributed by atoms with Gasteiger partial charge in [0.2, 0.25) is 0 Å². The molecule has 0 fully saturated rings. The van der Waals surface area contributed by atoms with Crippen LogP contribution in [-0.4, -0.2) is 11.0 Å². The van der Waals surface area contributed by atoms with Gasteiger partial charge in [0.05, 0.1) is 0 Å². The lowest BCUT2D eigenvalue weighted by Gasteiger charge is -2.05. The van der Waals surface area contributed by atoms with Gasteiger partial charge in [-0.15, -0.1) is 0 Å². The molecule has 0 aliphatic carbocycles. The second-order valence-corrected chi connectivity index (χ2v) is 4.77. The molecule has 1 amide bonds. The number of nitriles is 1. The molecular weight excluding hydrogens is 276 g/mol. The van der Waals surface area contributed by atoms with E-state index in [9.17, 15) is 9.90 Å². The van der Waals surface area contributed by atoms with E-state index in [2.05, 4.69) is 12.2 Å². The molecule has 0 saturated carbocycles. The Hall–Kier alpha value is -3.06. The van der Waals surface area contributed by atoms with Crippen LogP contribution in [-0.2, 0) is 11.2 Å². The highest BCUT2D eigenvalue weighted by Crippen LogP contribution is 2.16. The molecular formula is C18H16N2O2. The van der Waals surface area contributed by atoms with Crippen molar-refractivity contribution < 1.29 is 9.90 Å². The van der Waals surface area contributed by atoms with Crippen molar-refractivity contribution >= 4 is 17.7 Å². The van der Waals surface area contributed by atoms with Crippen LogP contribution in [0.25, 0.3) is 6.08 Å². The van der Waals surface area contributed by atoms with Crippen LogP contribution in [0, 0.1) is 11.3 Å². The minimum atomic E-state index is -0.477. The largest absolute Gasteiger partial charge is 0.508 e. The highest BCUT2D eigenvalue weighted by molar-refractivity contribution is 6.09. The van der Waals surface area contributed by atoms with E-state index in [-0.39, 0.29) is 11.3 Å². The fourth-order valence-electron chi connectivity index (χ4n) is 1.95. The van der Waals surface area contributed by atoms with Crippen LogP contribution in [0.1, 0.15) is 18.1 Å². The van der Waals surface area contributed by atoms with Crippen LogP contribution >= 0.6 is 0 Å². The second-order valence-electron chi connectivity index (χ2n) is 4.77. The van der Waals surface area contributed by atoms with Gasteiger partial charge in [-0.2, -0.15) is 5.26 Å². The van der Waals surface area contributed by atoms with Gasteiger partial charge < -0.3 is 10.4 Å². The van der Waals surface area contributed by atoms with Gasteiger partial charge in [-0.1, -0.05) is 31.2 Å². The van der Waals surface area contributed by atoms with Crippen LogP contribution in [0.3, 0.4) is 0 Å². The van der Waals surface area contributed by atoms with E-state index >= 15 is 0 Å². The van der Waals surface area contributed by atoms with Gasteiger partial charge in [-0.25, -0.2) is 0 Å². The Bertz CT molecular complexity index is 740. The molecule has 4 nitrogen and oxygen atoms in total. The summed E-state index contributed by atoms with van der Waals surface area (Å²) in [6.07, 6.45) is 2.37. The predicted octanol–water partition coefficient (Wildman–Crippen LogP) is 3.50. The number of carbonyl (C=O) groups is 1. The fraction of sp³-hybridized carbons (Fsp3) is 0.111. The zero-order valence-corrected chi connectivity index (χ0v) is 12.2. The summed E-state index contributed by atoms with van der Waals surface area (Å²) < 4.78 is 0. The van der Waals surface area contributed by atoms with Crippen molar-refractivity contribution in [1.82, 2.24) is 0 Å². The molecule has 2 rings (SSSR count). The molecule has 2 aromatic carbocycles. The van der Waals surface area contributed by atoms with Crippen molar-refractivity contribution in [3.05, 3.63) is 65.2 Å². The molecule has 2 N–H and O–H groups in total. The lowest BCUT2D eigenvalue weighted by molar-refractivity contribution is -0.112. The number of aryl methyl sites for hydroxylation is 1. The minimum Gasteiger partial charge on any atom is -0.508 e. The van der Waals surface area contributed by atoms with Crippen LogP contribution in [0.2, 0.25) is 0 Å². The standard InChI is InChI=1S/C18H16N2O2/c1-2-13-6-8-16(9-7-13)20-18(22)15(12-19)10-14-4-3-5-17(21)11-14/h3-11,21H,2H2,1H3,(H,20,22)/b15-10-. The summed E-state index contributed by atoms with van der Waals surface area (Å²) >= 11 is 0. The normalized spacial score (nSPS) is 10.8. The van der Waals surface area contributed by atoms with Gasteiger partial charge >= 0.3 is 0 Å². The van der Waals surface area contributed by atoms with Crippen molar-refractivity contribution in [3.63, 3.8) is 0 Å². The Labute approximate surface area is 129 Å². The van der Waals surface area contributed by atoms with Crippen molar-refractivity contribution in [2.75, 3.05) is 5.32 Å². The van der Waals surface area contributed by atoms with Gasteiger partial charge in [0.15, 0.2) is 0 Å². The van der Waals surface area contributed by atoms with Gasteiger partial charge in [0.25, 0.3) is 5.91 Å². The SMILES string of the molecule is CCc1ccc(NC(=O)/C(C#N)=C\c2cccc(O)c2)cc1. The molecule has 0 aliphatic rings. The Morgan fingerprint density at radius 2 is 2.00 bits per heavy atom. The van der Waals surface area contributed by atoms with Crippen LogP contribution < -0.4 is 5.32 Å². The molecule has 0 atom stereocenters. The second kappa shape index (κ2) is 7.09. The van der Waals surface area contributed by atoms with Crippen molar-refractivity contribution in [3.8, 4) is 11.8 Å². The van der Waals surface area contributed by atoms with E-state index in [0.717, 1.165) is 6.42 Å². The molecule has 0 heterocycles. The first-order chi connectivity index (χ1) is 10.6. The van der Waals surface area contributed by atoms with Crippen molar-refractivity contribution in [2.45, 2.75) is 13.3 Å². The number of aromatic hydroxyl groups is 1. The molecule has 0 radical (unpaired) electrons. The van der Waals surface area contributed by atoms with E-state index < -0.39 is 5.91 Å². The highest BCUT2D eigenvalue weighted by Gasteiger charge is 2.09. The predicted molar refractivity (Wildman–Crippen MR) is 86.1 cm³/mol. The monoisotopic (exact) mass is 292 g/mol. The molecule has 0 spiro atoms. The zero-order valence-electron chi connectivity index (χ0n) is 12.2. The number of amides is 1. The fourth-order valence-corrected chi connectivity index (χ4v) is 1.95. The molecule has 2 aromatic rings. The summed E-state index contributed by atoms with van der Waals surface area (Å²) in [4.78, 5) is 12.1. The number of carbonyl (C=O) groups excluding carboxylic acids is 1. The van der Waals surface area contributed by atoms with Gasteiger partial charge in [0.1, 0.15) is 17.4 Å². The number of hydrogen-bond donors (Lipinski definition) is 2. The molecule has 4 heteroatoms. The molecule has 110 valence electrons. The maximum Gasteiger partial charge on any atom is 0.266 e. The van der Waals surface area contributed by atoms with Gasteiger partial charge in [-0.3, -0.25) is 4.79 Å². The molecule has 0 bridgehead atoms. The Morgan fingerprint density at radius 1 is 1.27 bits per heavy atom. The van der Waals surface area contributed by atoms with Crippen LogP contribution in [0.5, 0.6) is 5.75 Å². The van der Waals surface area contributed by atoms with Gasteiger partial charge in [-0.05, 0) is 47.9 Å². The molecule has 0 aliphatic heterocycles. The van der Waals surface area contributed by atoms with E-state index in [4.69, 9.17) is 5.26 Å². The van der Waals surface area contributed by atoms with Crippen LogP contribution in [0.4, 0.5) is 5.69 Å².